The minimum absolute atomic E-state index is 0.228. The quantitative estimate of drug-likeness (QED) is 0.318. The lowest BCUT2D eigenvalue weighted by Crippen LogP contribution is -2.30. The Hall–Kier alpha value is -1.05. The Morgan fingerprint density at radius 2 is 1.88 bits per heavy atom. The van der Waals surface area contributed by atoms with Crippen molar-refractivity contribution in [2.24, 2.45) is 16.5 Å². The molecule has 0 aliphatic rings. The van der Waals surface area contributed by atoms with Crippen molar-refractivity contribution in [3.05, 3.63) is 23.8 Å². The maximum atomic E-state index is 9.17. The van der Waals surface area contributed by atoms with E-state index in [4.69, 9.17) is 0 Å². The molecular weight excluding hydrogens is 198 g/mol. The lowest BCUT2D eigenvalue weighted by atomic mass is 9.75. The van der Waals surface area contributed by atoms with E-state index in [1.165, 1.54) is 5.57 Å². The van der Waals surface area contributed by atoms with Gasteiger partial charge in [0.25, 0.3) is 0 Å². The fourth-order valence-electron chi connectivity index (χ4n) is 1.58. The molecule has 0 saturated heterocycles. The van der Waals surface area contributed by atoms with E-state index in [9.17, 15) is 5.21 Å². The van der Waals surface area contributed by atoms with E-state index >= 15 is 0 Å². The van der Waals surface area contributed by atoms with E-state index in [1.54, 1.807) is 0 Å². The monoisotopic (exact) mass is 223 g/mol. The van der Waals surface area contributed by atoms with Crippen molar-refractivity contribution in [2.75, 3.05) is 0 Å². The van der Waals surface area contributed by atoms with Crippen LogP contribution in [0.4, 0.5) is 0 Å². The topological polar surface area (TPSA) is 32.6 Å². The van der Waals surface area contributed by atoms with Crippen molar-refractivity contribution in [3.63, 3.8) is 0 Å². The second-order valence-electron chi connectivity index (χ2n) is 5.31. The van der Waals surface area contributed by atoms with Gasteiger partial charge >= 0.3 is 0 Å². The Morgan fingerprint density at radius 3 is 2.19 bits per heavy atom. The van der Waals surface area contributed by atoms with E-state index in [-0.39, 0.29) is 11.3 Å². The molecule has 0 aromatic carbocycles. The average Bonchev–Trinajstić information content (AvgIpc) is 2.15. The summed E-state index contributed by atoms with van der Waals surface area (Å²) >= 11 is 0. The molecule has 0 saturated carbocycles. The summed E-state index contributed by atoms with van der Waals surface area (Å²) in [5, 5.41) is 12.7. The zero-order valence-corrected chi connectivity index (χ0v) is 11.5. The van der Waals surface area contributed by atoms with Gasteiger partial charge in [-0.15, -0.1) is 0 Å². The van der Waals surface area contributed by atoms with Gasteiger partial charge in [0, 0.05) is 11.3 Å². The van der Waals surface area contributed by atoms with Gasteiger partial charge in [0.15, 0.2) is 0 Å². The highest BCUT2D eigenvalue weighted by Crippen LogP contribution is 2.31. The first-order chi connectivity index (χ1) is 7.23. The van der Waals surface area contributed by atoms with Crippen molar-refractivity contribution in [1.82, 2.24) is 0 Å². The van der Waals surface area contributed by atoms with E-state index in [1.807, 2.05) is 20.8 Å². The van der Waals surface area contributed by atoms with Gasteiger partial charge in [-0.3, -0.25) is 0 Å². The predicted molar refractivity (Wildman–Crippen MR) is 71.0 cm³/mol. The molecule has 0 amide bonds. The van der Waals surface area contributed by atoms with Gasteiger partial charge in [0.1, 0.15) is 0 Å². The standard InChI is InChI=1S/C14H25NO/c1-10(2)8-9-12(5)13(15-16)14(6,7)11(3)4/h8,12,16H,3,9H2,1-2,4-7H3/b15-13+. The van der Waals surface area contributed by atoms with E-state index in [0.717, 1.165) is 17.7 Å². The smallest absolute Gasteiger partial charge is 0.0698 e. The van der Waals surface area contributed by atoms with Crippen LogP contribution >= 0.6 is 0 Å². The maximum Gasteiger partial charge on any atom is 0.0698 e. The van der Waals surface area contributed by atoms with Crippen molar-refractivity contribution in [3.8, 4) is 0 Å². The fraction of sp³-hybridized carbons (Fsp3) is 0.643. The zero-order valence-electron chi connectivity index (χ0n) is 11.5. The van der Waals surface area contributed by atoms with Crippen LogP contribution in [0, 0.1) is 11.3 Å². The summed E-state index contributed by atoms with van der Waals surface area (Å²) < 4.78 is 0. The van der Waals surface area contributed by atoms with Crippen molar-refractivity contribution in [2.45, 2.75) is 48.0 Å². The van der Waals surface area contributed by atoms with Crippen LogP contribution in [0.2, 0.25) is 0 Å². The van der Waals surface area contributed by atoms with Gasteiger partial charge in [-0.25, -0.2) is 0 Å². The van der Waals surface area contributed by atoms with Crippen LogP contribution in [0.1, 0.15) is 48.0 Å². The molecule has 1 N–H and O–H groups in total. The average molecular weight is 223 g/mol. The van der Waals surface area contributed by atoms with Crippen LogP contribution < -0.4 is 0 Å². The molecule has 0 rings (SSSR count). The molecule has 92 valence electrons. The van der Waals surface area contributed by atoms with Gasteiger partial charge in [0.05, 0.1) is 5.71 Å². The molecule has 0 fully saturated rings. The molecule has 16 heavy (non-hydrogen) atoms. The molecule has 0 aliphatic heterocycles. The highest BCUT2D eigenvalue weighted by molar-refractivity contribution is 5.93. The van der Waals surface area contributed by atoms with Gasteiger partial charge in [-0.2, -0.15) is 0 Å². The minimum atomic E-state index is -0.246. The Labute approximate surface area is 99.7 Å². The summed E-state index contributed by atoms with van der Waals surface area (Å²) in [5.41, 5.74) is 2.86. The fourth-order valence-corrected chi connectivity index (χ4v) is 1.58. The van der Waals surface area contributed by atoms with E-state index in [0.29, 0.717) is 0 Å². The number of allylic oxidation sites excluding steroid dienone is 3. The minimum Gasteiger partial charge on any atom is -0.411 e. The molecule has 2 heteroatoms. The SMILES string of the molecule is C=C(C)C(C)(C)/C(=N/O)C(C)CC=C(C)C. The second-order valence-corrected chi connectivity index (χ2v) is 5.31. The molecule has 0 aliphatic carbocycles. The Bertz CT molecular complexity index is 307. The number of nitrogens with zero attached hydrogens (tertiary/aromatic N) is 1. The van der Waals surface area contributed by atoms with Crippen LogP contribution in [0.15, 0.2) is 29.0 Å². The Balaban J connectivity index is 4.90. The lowest BCUT2D eigenvalue weighted by molar-refractivity contribution is 0.306. The zero-order chi connectivity index (χ0) is 12.9. The largest absolute Gasteiger partial charge is 0.411 e. The molecule has 0 bridgehead atoms. The van der Waals surface area contributed by atoms with Gasteiger partial charge in [-0.05, 0) is 27.2 Å². The Kier molecular flexibility index (Phi) is 5.49. The predicted octanol–water partition coefficient (Wildman–Crippen LogP) is 4.41. The highest BCUT2D eigenvalue weighted by Gasteiger charge is 2.30. The number of hydrogen-bond acceptors (Lipinski definition) is 2. The van der Waals surface area contributed by atoms with Crippen molar-refractivity contribution < 1.29 is 5.21 Å². The number of oxime groups is 1. The van der Waals surface area contributed by atoms with E-state index in [2.05, 4.69) is 38.6 Å². The van der Waals surface area contributed by atoms with E-state index < -0.39 is 0 Å². The Morgan fingerprint density at radius 1 is 1.38 bits per heavy atom. The molecular formula is C14H25NO. The third kappa shape index (κ3) is 3.84. The van der Waals surface area contributed by atoms with Crippen molar-refractivity contribution >= 4 is 5.71 Å². The normalized spacial score (nSPS) is 14.5. The van der Waals surface area contributed by atoms with Crippen LogP contribution in [0.25, 0.3) is 0 Å². The van der Waals surface area contributed by atoms with Crippen molar-refractivity contribution in [1.29, 1.82) is 0 Å². The summed E-state index contributed by atoms with van der Waals surface area (Å²) in [6.45, 7) is 16.3. The van der Waals surface area contributed by atoms with Crippen LogP contribution in [0.5, 0.6) is 0 Å². The summed E-state index contributed by atoms with van der Waals surface area (Å²) in [7, 11) is 0. The summed E-state index contributed by atoms with van der Waals surface area (Å²) in [5.74, 6) is 0.228. The van der Waals surface area contributed by atoms with Crippen LogP contribution in [-0.2, 0) is 0 Å². The summed E-state index contributed by atoms with van der Waals surface area (Å²) in [6, 6.07) is 0. The first kappa shape index (κ1) is 14.9. The molecule has 0 spiro atoms. The maximum absolute atomic E-state index is 9.17. The van der Waals surface area contributed by atoms with Gasteiger partial charge < -0.3 is 5.21 Å². The van der Waals surface area contributed by atoms with Gasteiger partial charge in [0.2, 0.25) is 0 Å². The molecule has 1 unspecified atom stereocenters. The second kappa shape index (κ2) is 5.88. The third-order valence-corrected chi connectivity index (χ3v) is 3.16. The molecule has 0 aromatic rings. The molecule has 0 heterocycles. The highest BCUT2D eigenvalue weighted by atomic mass is 16.4. The first-order valence-electron chi connectivity index (χ1n) is 5.75. The molecule has 0 radical (unpaired) electrons. The van der Waals surface area contributed by atoms with Crippen LogP contribution in [-0.4, -0.2) is 10.9 Å². The summed E-state index contributed by atoms with van der Waals surface area (Å²) in [6.07, 6.45) is 3.07. The third-order valence-electron chi connectivity index (χ3n) is 3.16. The number of rotatable bonds is 5. The number of hydrogen-bond donors (Lipinski definition) is 1. The van der Waals surface area contributed by atoms with Crippen LogP contribution in [0.3, 0.4) is 0 Å². The molecule has 1 atom stereocenters. The van der Waals surface area contributed by atoms with Gasteiger partial charge in [-0.1, -0.05) is 49.7 Å². The molecule has 2 nitrogen and oxygen atoms in total. The summed E-state index contributed by atoms with van der Waals surface area (Å²) in [4.78, 5) is 0. The first-order valence-corrected chi connectivity index (χ1v) is 5.75. The lowest BCUT2D eigenvalue weighted by Gasteiger charge is -2.29. The molecule has 0 aromatic heterocycles.